The summed E-state index contributed by atoms with van der Waals surface area (Å²) in [6.45, 7) is 5.42. The molecular formula is C12H22N3+. The number of hydrogen-bond donors (Lipinski definition) is 2. The molecule has 0 amide bonds. The second kappa shape index (κ2) is 4.79. The fourth-order valence-electron chi connectivity index (χ4n) is 2.60. The highest BCUT2D eigenvalue weighted by atomic mass is 15.1. The number of rotatable bonds is 4. The molecule has 0 aliphatic heterocycles. The molecule has 1 fully saturated rings. The largest absolute Gasteiger partial charge is 0.344 e. The van der Waals surface area contributed by atoms with Gasteiger partial charge in [0.05, 0.1) is 18.3 Å². The molecular weight excluding hydrogens is 186 g/mol. The number of quaternary nitrogens is 1. The van der Waals surface area contributed by atoms with Gasteiger partial charge in [-0.05, 0) is 39.5 Å². The molecule has 0 radical (unpaired) electrons. The molecule has 0 aromatic carbocycles. The van der Waals surface area contributed by atoms with Crippen LogP contribution in [-0.2, 0) is 6.42 Å². The van der Waals surface area contributed by atoms with Crippen molar-refractivity contribution in [3.63, 3.8) is 0 Å². The zero-order valence-electron chi connectivity index (χ0n) is 9.84. The molecule has 1 saturated carbocycles. The Morgan fingerprint density at radius 3 is 2.67 bits per heavy atom. The van der Waals surface area contributed by atoms with Gasteiger partial charge in [0.1, 0.15) is 0 Å². The lowest BCUT2D eigenvalue weighted by Crippen LogP contribution is -2.89. The molecule has 0 spiro atoms. The highest BCUT2D eigenvalue weighted by molar-refractivity contribution is 5.22. The van der Waals surface area contributed by atoms with E-state index in [1.807, 2.05) is 0 Å². The van der Waals surface area contributed by atoms with Crippen molar-refractivity contribution in [2.75, 3.05) is 6.54 Å². The highest BCUT2D eigenvalue weighted by Crippen LogP contribution is 2.14. The second-order valence-corrected chi connectivity index (χ2v) is 4.73. The Kier molecular flexibility index (Phi) is 3.41. The van der Waals surface area contributed by atoms with Gasteiger partial charge in [-0.2, -0.15) is 5.10 Å². The van der Waals surface area contributed by atoms with Crippen LogP contribution in [0.25, 0.3) is 0 Å². The van der Waals surface area contributed by atoms with Gasteiger partial charge in [-0.15, -0.1) is 0 Å². The first-order valence-corrected chi connectivity index (χ1v) is 6.11. The minimum absolute atomic E-state index is 0.900. The predicted molar refractivity (Wildman–Crippen MR) is 60.8 cm³/mol. The van der Waals surface area contributed by atoms with Crippen LogP contribution in [0.4, 0.5) is 0 Å². The first kappa shape index (κ1) is 10.7. The van der Waals surface area contributed by atoms with E-state index in [4.69, 9.17) is 0 Å². The van der Waals surface area contributed by atoms with Gasteiger partial charge in [0.25, 0.3) is 0 Å². The Hall–Kier alpha value is -0.830. The van der Waals surface area contributed by atoms with E-state index in [1.54, 1.807) is 0 Å². The van der Waals surface area contributed by atoms with E-state index in [0.717, 1.165) is 12.5 Å². The summed E-state index contributed by atoms with van der Waals surface area (Å²) in [6.07, 6.45) is 6.87. The Morgan fingerprint density at radius 1 is 1.33 bits per heavy atom. The van der Waals surface area contributed by atoms with E-state index in [9.17, 15) is 0 Å². The minimum Gasteiger partial charge on any atom is -0.344 e. The normalized spacial score (nSPS) is 17.5. The van der Waals surface area contributed by atoms with Crippen LogP contribution in [0, 0.1) is 13.8 Å². The number of aromatic nitrogens is 2. The zero-order valence-corrected chi connectivity index (χ0v) is 9.84. The molecule has 1 aliphatic rings. The Bertz CT molecular complexity index is 291. The topological polar surface area (TPSA) is 45.3 Å². The SMILES string of the molecule is Cc1n[nH]c(C)c1CC[NH2+]C1CCCC1. The van der Waals surface area contributed by atoms with Crippen molar-refractivity contribution in [1.82, 2.24) is 10.2 Å². The molecule has 2 rings (SSSR count). The summed E-state index contributed by atoms with van der Waals surface area (Å²) in [5, 5.41) is 9.81. The van der Waals surface area contributed by atoms with E-state index < -0.39 is 0 Å². The molecule has 1 aliphatic carbocycles. The molecule has 0 saturated heterocycles. The fraction of sp³-hybridized carbons (Fsp3) is 0.750. The molecule has 3 heteroatoms. The summed E-state index contributed by atoms with van der Waals surface area (Å²) in [7, 11) is 0. The summed E-state index contributed by atoms with van der Waals surface area (Å²) < 4.78 is 0. The lowest BCUT2D eigenvalue weighted by molar-refractivity contribution is -0.687. The Morgan fingerprint density at radius 2 is 2.07 bits per heavy atom. The third kappa shape index (κ3) is 2.59. The summed E-state index contributed by atoms with van der Waals surface area (Å²) in [6, 6.07) is 0.900. The number of nitrogens with two attached hydrogens (primary N) is 1. The molecule has 0 unspecified atom stereocenters. The van der Waals surface area contributed by atoms with Crippen molar-refractivity contribution in [3.05, 3.63) is 17.0 Å². The summed E-state index contributed by atoms with van der Waals surface area (Å²) in [5.41, 5.74) is 3.84. The van der Waals surface area contributed by atoms with Gasteiger partial charge in [0.15, 0.2) is 0 Å². The minimum atomic E-state index is 0.900. The van der Waals surface area contributed by atoms with Crippen LogP contribution >= 0.6 is 0 Å². The molecule has 15 heavy (non-hydrogen) atoms. The van der Waals surface area contributed by atoms with Crippen LogP contribution in [0.15, 0.2) is 0 Å². The van der Waals surface area contributed by atoms with Crippen molar-refractivity contribution < 1.29 is 5.32 Å². The molecule has 3 N–H and O–H groups in total. The van der Waals surface area contributed by atoms with Gasteiger partial charge >= 0.3 is 0 Å². The van der Waals surface area contributed by atoms with E-state index in [0.29, 0.717) is 0 Å². The van der Waals surface area contributed by atoms with Crippen molar-refractivity contribution in [2.24, 2.45) is 0 Å². The average molecular weight is 208 g/mol. The van der Waals surface area contributed by atoms with Gasteiger partial charge in [-0.3, -0.25) is 5.10 Å². The van der Waals surface area contributed by atoms with E-state index in [1.165, 1.54) is 49.2 Å². The second-order valence-electron chi connectivity index (χ2n) is 4.73. The summed E-state index contributed by atoms with van der Waals surface area (Å²) in [4.78, 5) is 0. The molecule has 0 bridgehead atoms. The fourth-order valence-corrected chi connectivity index (χ4v) is 2.60. The van der Waals surface area contributed by atoms with Crippen molar-refractivity contribution >= 4 is 0 Å². The number of H-pyrrole nitrogens is 1. The van der Waals surface area contributed by atoms with E-state index in [-0.39, 0.29) is 0 Å². The smallest absolute Gasteiger partial charge is 0.0859 e. The number of aromatic amines is 1. The van der Waals surface area contributed by atoms with Gasteiger partial charge in [0, 0.05) is 17.7 Å². The molecule has 84 valence electrons. The van der Waals surface area contributed by atoms with Gasteiger partial charge < -0.3 is 5.32 Å². The number of hydrogen-bond acceptors (Lipinski definition) is 1. The van der Waals surface area contributed by atoms with Crippen LogP contribution in [0.3, 0.4) is 0 Å². The Balaban J connectivity index is 1.77. The zero-order chi connectivity index (χ0) is 10.7. The van der Waals surface area contributed by atoms with Crippen LogP contribution in [0.5, 0.6) is 0 Å². The highest BCUT2D eigenvalue weighted by Gasteiger charge is 2.17. The number of nitrogens with zero attached hydrogens (tertiary/aromatic N) is 1. The van der Waals surface area contributed by atoms with Crippen LogP contribution in [0.2, 0.25) is 0 Å². The maximum atomic E-state index is 4.23. The molecule has 1 aromatic rings. The lowest BCUT2D eigenvalue weighted by atomic mass is 10.1. The van der Waals surface area contributed by atoms with E-state index in [2.05, 4.69) is 29.4 Å². The predicted octanol–water partition coefficient (Wildman–Crippen LogP) is 1.08. The quantitative estimate of drug-likeness (QED) is 0.764. The Labute approximate surface area is 91.7 Å². The molecule has 3 nitrogen and oxygen atoms in total. The van der Waals surface area contributed by atoms with E-state index >= 15 is 0 Å². The standard InChI is InChI=1S/C12H21N3/c1-9-12(10(2)15-14-9)7-8-13-11-5-3-4-6-11/h11,13H,3-8H2,1-2H3,(H,14,15)/p+1. The van der Waals surface area contributed by atoms with Gasteiger partial charge in [-0.25, -0.2) is 0 Å². The third-order valence-electron chi connectivity index (χ3n) is 3.57. The average Bonchev–Trinajstić information content (AvgIpc) is 2.82. The monoisotopic (exact) mass is 208 g/mol. The number of nitrogens with one attached hydrogen (secondary N) is 1. The van der Waals surface area contributed by atoms with Crippen molar-refractivity contribution in [2.45, 2.75) is 52.0 Å². The summed E-state index contributed by atoms with van der Waals surface area (Å²) in [5.74, 6) is 0. The maximum absolute atomic E-state index is 4.23. The maximum Gasteiger partial charge on any atom is 0.0859 e. The first-order valence-electron chi connectivity index (χ1n) is 6.11. The number of aryl methyl sites for hydroxylation is 2. The van der Waals surface area contributed by atoms with Crippen LogP contribution in [0.1, 0.15) is 42.6 Å². The first-order chi connectivity index (χ1) is 7.27. The third-order valence-corrected chi connectivity index (χ3v) is 3.57. The van der Waals surface area contributed by atoms with Crippen LogP contribution < -0.4 is 5.32 Å². The molecule has 1 aromatic heterocycles. The molecule has 1 heterocycles. The van der Waals surface area contributed by atoms with Crippen molar-refractivity contribution in [1.29, 1.82) is 0 Å². The van der Waals surface area contributed by atoms with Crippen molar-refractivity contribution in [3.8, 4) is 0 Å². The van der Waals surface area contributed by atoms with Gasteiger partial charge in [0.2, 0.25) is 0 Å². The van der Waals surface area contributed by atoms with Crippen LogP contribution in [-0.4, -0.2) is 22.8 Å². The lowest BCUT2D eigenvalue weighted by Gasteiger charge is -2.08. The summed E-state index contributed by atoms with van der Waals surface area (Å²) >= 11 is 0. The van der Waals surface area contributed by atoms with Gasteiger partial charge in [-0.1, -0.05) is 0 Å². The molecule has 0 atom stereocenters.